The number of pyridine rings is 1. The number of methoxy groups -OCH3 is 1. The minimum Gasteiger partial charge on any atom is -0.504 e. The van der Waals surface area contributed by atoms with Crippen molar-refractivity contribution in [1.82, 2.24) is 14.7 Å². The maximum Gasteiger partial charge on any atom is 0.221 e. The summed E-state index contributed by atoms with van der Waals surface area (Å²) in [6.45, 7) is 0.411. The molecule has 1 amide bonds. The summed E-state index contributed by atoms with van der Waals surface area (Å²) in [7, 11) is 1.51. The summed E-state index contributed by atoms with van der Waals surface area (Å²) < 4.78 is 7.13. The Morgan fingerprint density at radius 3 is 3.00 bits per heavy atom. The summed E-state index contributed by atoms with van der Waals surface area (Å²) in [6, 6.07) is 11.1. The zero-order chi connectivity index (χ0) is 16.7. The molecule has 0 saturated carbocycles. The molecule has 6 heteroatoms. The van der Waals surface area contributed by atoms with Crippen LogP contribution in [0.15, 0.2) is 42.6 Å². The fraction of sp³-hybridized carbons (Fsp3) is 0.222. The number of aromatic nitrogens is 2. The first-order valence-corrected chi connectivity index (χ1v) is 7.77. The van der Waals surface area contributed by atoms with Crippen LogP contribution in [-0.2, 0) is 11.3 Å². The third-order valence-corrected chi connectivity index (χ3v) is 4.42. The Bertz CT molecular complexity index is 932. The van der Waals surface area contributed by atoms with Gasteiger partial charge in [0, 0.05) is 18.5 Å². The average Bonchev–Trinajstić information content (AvgIpc) is 2.87. The monoisotopic (exact) mass is 323 g/mol. The number of nitrogens with zero attached hydrogens (tertiary/aromatic N) is 2. The van der Waals surface area contributed by atoms with Gasteiger partial charge in [-0.25, -0.2) is 4.98 Å². The third kappa shape index (κ3) is 2.27. The number of phenols is 1. The SMILES string of the molecule is COc1ccc([C@@H]2CC(=O)NCc3nc4ccccn4c32)cc1O. The van der Waals surface area contributed by atoms with E-state index >= 15 is 0 Å². The molecule has 2 N–H and O–H groups in total. The maximum atomic E-state index is 12.1. The van der Waals surface area contributed by atoms with E-state index in [0.29, 0.717) is 18.7 Å². The van der Waals surface area contributed by atoms with Crippen LogP contribution in [-0.4, -0.2) is 27.5 Å². The van der Waals surface area contributed by atoms with Gasteiger partial charge in [0.05, 0.1) is 25.0 Å². The number of aromatic hydroxyl groups is 1. The summed E-state index contributed by atoms with van der Waals surface area (Å²) in [4.78, 5) is 16.8. The molecule has 0 unspecified atom stereocenters. The number of carbonyl (C=O) groups is 1. The standard InChI is InChI=1S/C18H17N3O3/c1-24-15-6-5-11(8-14(15)22)12-9-17(23)19-10-13-18(12)21-7-3-2-4-16(21)20-13/h2-8,12,22H,9-10H2,1H3,(H,19,23)/t12-/m0/s1. The van der Waals surface area contributed by atoms with Gasteiger partial charge in [-0.3, -0.25) is 4.79 Å². The molecule has 2 aromatic heterocycles. The van der Waals surface area contributed by atoms with Gasteiger partial charge in [0.1, 0.15) is 5.65 Å². The molecule has 0 radical (unpaired) electrons. The Morgan fingerprint density at radius 2 is 2.21 bits per heavy atom. The van der Waals surface area contributed by atoms with Crippen molar-refractivity contribution < 1.29 is 14.6 Å². The lowest BCUT2D eigenvalue weighted by atomic mass is 9.91. The van der Waals surface area contributed by atoms with Crippen molar-refractivity contribution in [2.75, 3.05) is 7.11 Å². The van der Waals surface area contributed by atoms with E-state index in [4.69, 9.17) is 4.74 Å². The topological polar surface area (TPSA) is 75.9 Å². The van der Waals surface area contributed by atoms with Crippen LogP contribution in [0.5, 0.6) is 11.5 Å². The molecule has 0 saturated heterocycles. The van der Waals surface area contributed by atoms with Crippen molar-refractivity contribution in [3.63, 3.8) is 0 Å². The number of nitrogens with one attached hydrogen (secondary N) is 1. The lowest BCUT2D eigenvalue weighted by Gasteiger charge is -2.17. The van der Waals surface area contributed by atoms with Crippen molar-refractivity contribution >= 4 is 11.6 Å². The molecule has 3 heterocycles. The number of hydrogen-bond donors (Lipinski definition) is 2. The lowest BCUT2D eigenvalue weighted by Crippen LogP contribution is -2.21. The molecule has 122 valence electrons. The van der Waals surface area contributed by atoms with Gasteiger partial charge < -0.3 is 19.6 Å². The van der Waals surface area contributed by atoms with Crippen molar-refractivity contribution in [2.45, 2.75) is 18.9 Å². The van der Waals surface area contributed by atoms with Gasteiger partial charge in [0.25, 0.3) is 0 Å². The van der Waals surface area contributed by atoms with E-state index < -0.39 is 0 Å². The normalized spacial score (nSPS) is 17.2. The van der Waals surface area contributed by atoms with Gasteiger partial charge in [-0.2, -0.15) is 0 Å². The second kappa shape index (κ2) is 5.56. The van der Waals surface area contributed by atoms with Gasteiger partial charge in [-0.1, -0.05) is 12.1 Å². The molecule has 0 bridgehead atoms. The number of carbonyl (C=O) groups excluding carboxylic acids is 1. The first-order chi connectivity index (χ1) is 11.7. The number of imidazole rings is 1. The summed E-state index contributed by atoms with van der Waals surface area (Å²) in [5.74, 6) is 0.264. The first kappa shape index (κ1) is 14.6. The van der Waals surface area contributed by atoms with Gasteiger partial charge in [-0.05, 0) is 29.8 Å². The van der Waals surface area contributed by atoms with Crippen LogP contribution < -0.4 is 10.1 Å². The van der Waals surface area contributed by atoms with Crippen molar-refractivity contribution in [1.29, 1.82) is 0 Å². The van der Waals surface area contributed by atoms with Gasteiger partial charge in [-0.15, -0.1) is 0 Å². The zero-order valence-electron chi connectivity index (χ0n) is 13.2. The molecule has 1 aliphatic heterocycles. The highest BCUT2D eigenvalue weighted by Gasteiger charge is 2.29. The van der Waals surface area contributed by atoms with Gasteiger partial charge in [0.15, 0.2) is 11.5 Å². The van der Waals surface area contributed by atoms with E-state index in [0.717, 1.165) is 22.6 Å². The molecule has 0 spiro atoms. The van der Waals surface area contributed by atoms with E-state index in [2.05, 4.69) is 10.3 Å². The van der Waals surface area contributed by atoms with Gasteiger partial charge in [0.2, 0.25) is 5.91 Å². The Hall–Kier alpha value is -3.02. The van der Waals surface area contributed by atoms with Crippen LogP contribution in [0.3, 0.4) is 0 Å². The second-order valence-corrected chi connectivity index (χ2v) is 5.84. The number of amides is 1. The summed E-state index contributed by atoms with van der Waals surface area (Å²) in [6.07, 6.45) is 2.26. The fourth-order valence-corrected chi connectivity index (χ4v) is 3.30. The molecule has 6 nitrogen and oxygen atoms in total. The first-order valence-electron chi connectivity index (χ1n) is 7.77. The number of ether oxygens (including phenoxy) is 1. The van der Waals surface area contributed by atoms with E-state index in [1.165, 1.54) is 7.11 Å². The highest BCUT2D eigenvalue weighted by molar-refractivity contribution is 5.78. The summed E-state index contributed by atoms with van der Waals surface area (Å²) >= 11 is 0. The quantitative estimate of drug-likeness (QED) is 0.758. The molecule has 1 aliphatic rings. The lowest BCUT2D eigenvalue weighted by molar-refractivity contribution is -0.121. The van der Waals surface area contributed by atoms with Crippen molar-refractivity contribution in [3.05, 3.63) is 59.5 Å². The van der Waals surface area contributed by atoms with Crippen LogP contribution in [0.4, 0.5) is 0 Å². The minimum atomic E-state index is -0.184. The third-order valence-electron chi connectivity index (χ3n) is 4.42. The Balaban J connectivity index is 1.91. The van der Waals surface area contributed by atoms with E-state index in [9.17, 15) is 9.90 Å². The second-order valence-electron chi connectivity index (χ2n) is 5.84. The highest BCUT2D eigenvalue weighted by Crippen LogP contribution is 2.37. The van der Waals surface area contributed by atoms with Crippen LogP contribution in [0, 0.1) is 0 Å². The van der Waals surface area contributed by atoms with Gasteiger partial charge >= 0.3 is 0 Å². The molecule has 4 rings (SSSR count). The molecular weight excluding hydrogens is 306 g/mol. The number of hydrogen-bond acceptors (Lipinski definition) is 4. The molecule has 3 aromatic rings. The van der Waals surface area contributed by atoms with E-state index in [1.54, 1.807) is 12.1 Å². The zero-order valence-corrected chi connectivity index (χ0v) is 13.2. The van der Waals surface area contributed by atoms with E-state index in [1.807, 2.05) is 34.9 Å². The molecule has 1 aromatic carbocycles. The molecule has 0 aliphatic carbocycles. The predicted molar refractivity (Wildman–Crippen MR) is 88.2 cm³/mol. The predicted octanol–water partition coefficient (Wildman–Crippen LogP) is 2.20. The van der Waals surface area contributed by atoms with Crippen LogP contribution >= 0.6 is 0 Å². The van der Waals surface area contributed by atoms with Crippen molar-refractivity contribution in [2.24, 2.45) is 0 Å². The Labute approximate surface area is 138 Å². The number of phenolic OH excluding ortho intramolecular Hbond substituents is 1. The number of rotatable bonds is 2. The summed E-state index contributed by atoms with van der Waals surface area (Å²) in [5, 5.41) is 13.0. The Morgan fingerprint density at radius 1 is 1.33 bits per heavy atom. The van der Waals surface area contributed by atoms with E-state index in [-0.39, 0.29) is 17.6 Å². The highest BCUT2D eigenvalue weighted by atomic mass is 16.5. The molecule has 24 heavy (non-hydrogen) atoms. The van der Waals surface area contributed by atoms with Crippen LogP contribution in [0.2, 0.25) is 0 Å². The smallest absolute Gasteiger partial charge is 0.221 e. The number of fused-ring (bicyclic) bond motifs is 3. The number of benzene rings is 1. The molecule has 0 fully saturated rings. The minimum absolute atomic E-state index is 0.0296. The Kier molecular flexibility index (Phi) is 3.37. The fourth-order valence-electron chi connectivity index (χ4n) is 3.30. The summed E-state index contributed by atoms with van der Waals surface area (Å²) in [5.41, 5.74) is 3.54. The largest absolute Gasteiger partial charge is 0.504 e. The maximum absolute atomic E-state index is 12.1. The van der Waals surface area contributed by atoms with Crippen molar-refractivity contribution in [3.8, 4) is 11.5 Å². The van der Waals surface area contributed by atoms with Crippen LogP contribution in [0.25, 0.3) is 5.65 Å². The average molecular weight is 323 g/mol. The molecular formula is C18H17N3O3. The van der Waals surface area contributed by atoms with Crippen LogP contribution in [0.1, 0.15) is 29.3 Å². The molecule has 1 atom stereocenters.